The Morgan fingerprint density at radius 2 is 1.44 bits per heavy atom. The van der Waals surface area contributed by atoms with Gasteiger partial charge < -0.3 is 10.2 Å². The van der Waals surface area contributed by atoms with Gasteiger partial charge in [0, 0.05) is 10.6 Å². The Kier molecular flexibility index (Phi) is 7.61. The molecule has 0 aliphatic carbocycles. The van der Waals surface area contributed by atoms with Crippen molar-refractivity contribution >= 4 is 32.7 Å². The standard InChI is InChI=1S/C14H14O2S.C4HF9O3S/c15-9-3-4-10-12(8-9)11(5-6-13(10)16)14-2-1-7-17-14;5-1(6,3(9,10)11)2(7,8)4(12,13)17(14,15)16/h3-6,8,14-16H,1-2,7H2;(H,14,15,16). The number of rotatable bonds is 4. The molecule has 3 N–H and O–H groups in total. The molecule has 1 unspecified atom stereocenters. The number of hydrogen-bond donors (Lipinski definition) is 3. The van der Waals surface area contributed by atoms with Crippen molar-refractivity contribution in [2.75, 3.05) is 5.75 Å². The van der Waals surface area contributed by atoms with Crippen LogP contribution in [-0.4, -0.2) is 52.2 Å². The Balaban J connectivity index is 0.000000240. The molecule has 3 rings (SSSR count). The normalized spacial score (nSPS) is 18.0. The van der Waals surface area contributed by atoms with Crippen LogP contribution in [0.15, 0.2) is 30.3 Å². The minimum atomic E-state index is -7.37. The Morgan fingerprint density at radius 1 is 0.853 bits per heavy atom. The minimum absolute atomic E-state index is 0.257. The van der Waals surface area contributed by atoms with Gasteiger partial charge in [-0.05, 0) is 53.8 Å². The van der Waals surface area contributed by atoms with Crippen molar-refractivity contribution in [2.45, 2.75) is 41.4 Å². The second-order valence-electron chi connectivity index (χ2n) is 7.04. The highest BCUT2D eigenvalue weighted by Gasteiger charge is 2.85. The van der Waals surface area contributed by atoms with Gasteiger partial charge in [-0.25, -0.2) is 0 Å². The molecular weight excluding hydrogens is 531 g/mol. The van der Waals surface area contributed by atoms with Crippen LogP contribution in [0.1, 0.15) is 23.7 Å². The molecule has 1 aliphatic rings. The van der Waals surface area contributed by atoms with E-state index in [1.165, 1.54) is 24.2 Å². The molecule has 1 atom stereocenters. The summed E-state index contributed by atoms with van der Waals surface area (Å²) in [6, 6.07) is 8.90. The fraction of sp³-hybridized carbons (Fsp3) is 0.444. The number of fused-ring (bicyclic) bond motifs is 1. The Bertz CT molecular complexity index is 1140. The SMILES string of the molecule is O=S(=O)(O)C(F)(F)C(F)(F)C(F)(F)C(F)(F)F.Oc1ccc2c(O)ccc(C3CCCS3)c2c1. The Labute approximate surface area is 190 Å². The first-order valence-electron chi connectivity index (χ1n) is 8.99. The van der Waals surface area contributed by atoms with Gasteiger partial charge in [0.05, 0.1) is 0 Å². The van der Waals surface area contributed by atoms with E-state index in [2.05, 4.69) is 0 Å². The average Bonchev–Trinajstić information content (AvgIpc) is 3.21. The van der Waals surface area contributed by atoms with Crippen molar-refractivity contribution < 1.29 is 62.7 Å². The summed E-state index contributed by atoms with van der Waals surface area (Å²) in [7, 11) is -7.17. The quantitative estimate of drug-likeness (QED) is 0.316. The van der Waals surface area contributed by atoms with Gasteiger partial charge in [0.15, 0.2) is 0 Å². The van der Waals surface area contributed by atoms with E-state index in [1.807, 2.05) is 17.8 Å². The van der Waals surface area contributed by atoms with Gasteiger partial charge in [-0.15, -0.1) is 0 Å². The van der Waals surface area contributed by atoms with Gasteiger partial charge in [-0.1, -0.05) is 6.07 Å². The van der Waals surface area contributed by atoms with Gasteiger partial charge in [0.2, 0.25) is 0 Å². The molecular formula is C18H15F9O5S2. The van der Waals surface area contributed by atoms with Crippen LogP contribution >= 0.6 is 11.8 Å². The lowest BCUT2D eigenvalue weighted by molar-refractivity contribution is -0.382. The summed E-state index contributed by atoms with van der Waals surface area (Å²) >= 11 is 1.96. The summed E-state index contributed by atoms with van der Waals surface area (Å²) in [6.07, 6.45) is -4.71. The maximum atomic E-state index is 12.2. The summed E-state index contributed by atoms with van der Waals surface area (Å²) in [5.41, 5.74) is 1.23. The predicted molar refractivity (Wildman–Crippen MR) is 104 cm³/mol. The molecule has 2 aromatic rings. The maximum absolute atomic E-state index is 12.2. The second kappa shape index (κ2) is 9.18. The van der Waals surface area contributed by atoms with E-state index in [1.54, 1.807) is 24.3 Å². The zero-order valence-electron chi connectivity index (χ0n) is 16.5. The highest BCUT2D eigenvalue weighted by molar-refractivity contribution is 7.99. The number of phenols is 2. The number of thioether (sulfide) groups is 1. The van der Waals surface area contributed by atoms with Crippen LogP contribution in [0.3, 0.4) is 0 Å². The molecule has 1 heterocycles. The van der Waals surface area contributed by atoms with Crippen molar-refractivity contribution in [3.05, 3.63) is 35.9 Å². The highest BCUT2D eigenvalue weighted by atomic mass is 32.2. The van der Waals surface area contributed by atoms with Crippen molar-refractivity contribution in [3.8, 4) is 11.5 Å². The van der Waals surface area contributed by atoms with Crippen molar-refractivity contribution in [3.63, 3.8) is 0 Å². The van der Waals surface area contributed by atoms with E-state index in [0.29, 0.717) is 5.25 Å². The van der Waals surface area contributed by atoms with Crippen molar-refractivity contribution in [1.29, 1.82) is 0 Å². The molecule has 16 heteroatoms. The summed E-state index contributed by atoms with van der Waals surface area (Å²) < 4.78 is 134. The number of phenolic OH excluding ortho intramolecular Hbond substituents is 2. The van der Waals surface area contributed by atoms with Crippen molar-refractivity contribution in [1.82, 2.24) is 0 Å². The number of alkyl halides is 9. The molecule has 0 aromatic heterocycles. The van der Waals surface area contributed by atoms with Crippen LogP contribution in [0.2, 0.25) is 0 Å². The molecule has 1 fully saturated rings. The fourth-order valence-electron chi connectivity index (χ4n) is 2.97. The molecule has 5 nitrogen and oxygen atoms in total. The van der Waals surface area contributed by atoms with Crippen LogP contribution in [0, 0.1) is 0 Å². The van der Waals surface area contributed by atoms with Crippen LogP contribution in [0.4, 0.5) is 39.5 Å². The zero-order chi connectivity index (χ0) is 26.3. The van der Waals surface area contributed by atoms with Gasteiger partial charge in [0.1, 0.15) is 11.5 Å². The zero-order valence-corrected chi connectivity index (χ0v) is 18.1. The van der Waals surface area contributed by atoms with Crippen LogP contribution in [0.5, 0.6) is 11.5 Å². The van der Waals surface area contributed by atoms with E-state index in [9.17, 15) is 58.1 Å². The molecule has 0 bridgehead atoms. The number of hydrogen-bond acceptors (Lipinski definition) is 5. The maximum Gasteiger partial charge on any atom is 0.460 e. The average molecular weight is 546 g/mol. The first-order valence-corrected chi connectivity index (χ1v) is 11.5. The van der Waals surface area contributed by atoms with Gasteiger partial charge in [0.25, 0.3) is 0 Å². The predicted octanol–water partition coefficient (Wildman–Crippen LogP) is 6.12. The molecule has 1 aliphatic heterocycles. The number of benzene rings is 2. The topological polar surface area (TPSA) is 94.8 Å². The molecule has 0 amide bonds. The van der Waals surface area contributed by atoms with E-state index < -0.39 is 33.4 Å². The van der Waals surface area contributed by atoms with E-state index in [4.69, 9.17) is 4.55 Å². The van der Waals surface area contributed by atoms with Crippen LogP contribution < -0.4 is 0 Å². The molecule has 0 saturated carbocycles. The monoisotopic (exact) mass is 546 g/mol. The lowest BCUT2D eigenvalue weighted by Crippen LogP contribution is -2.63. The summed E-state index contributed by atoms with van der Waals surface area (Å²) in [5, 5.41) is 14.7. The highest BCUT2D eigenvalue weighted by Crippen LogP contribution is 2.54. The molecule has 192 valence electrons. The minimum Gasteiger partial charge on any atom is -0.508 e. The third-order valence-electron chi connectivity index (χ3n) is 4.73. The molecule has 34 heavy (non-hydrogen) atoms. The van der Waals surface area contributed by atoms with E-state index >= 15 is 0 Å². The first kappa shape index (κ1) is 28.2. The van der Waals surface area contributed by atoms with Crippen LogP contribution in [0.25, 0.3) is 10.8 Å². The van der Waals surface area contributed by atoms with E-state index in [0.717, 1.165) is 10.8 Å². The third kappa shape index (κ3) is 4.98. The van der Waals surface area contributed by atoms with E-state index in [-0.39, 0.29) is 11.5 Å². The van der Waals surface area contributed by atoms with Gasteiger partial charge in [-0.2, -0.15) is 59.7 Å². The molecule has 0 spiro atoms. The van der Waals surface area contributed by atoms with Crippen LogP contribution in [-0.2, 0) is 10.1 Å². The number of aromatic hydroxyl groups is 2. The summed E-state index contributed by atoms with van der Waals surface area (Å²) in [4.78, 5) is 0. The Hall–Kier alpha value is -2.07. The lowest BCUT2D eigenvalue weighted by Gasteiger charge is -2.31. The molecule has 0 radical (unpaired) electrons. The Morgan fingerprint density at radius 3 is 1.91 bits per heavy atom. The summed E-state index contributed by atoms with van der Waals surface area (Å²) in [5.74, 6) is -13.0. The fourth-order valence-corrected chi connectivity index (χ4v) is 4.76. The number of halogens is 9. The first-order chi connectivity index (χ1) is 15.3. The third-order valence-corrected chi connectivity index (χ3v) is 7.05. The molecule has 2 aromatic carbocycles. The smallest absolute Gasteiger partial charge is 0.460 e. The molecule has 1 saturated heterocycles. The largest absolute Gasteiger partial charge is 0.508 e. The van der Waals surface area contributed by atoms with Gasteiger partial charge >= 0.3 is 33.4 Å². The van der Waals surface area contributed by atoms with Gasteiger partial charge in [-0.3, -0.25) is 4.55 Å². The summed E-state index contributed by atoms with van der Waals surface area (Å²) in [6.45, 7) is 0. The lowest BCUT2D eigenvalue weighted by atomic mass is 9.99. The van der Waals surface area contributed by atoms with Crippen molar-refractivity contribution in [2.24, 2.45) is 0 Å². The second-order valence-corrected chi connectivity index (χ2v) is 9.82.